The molecule has 1 aromatic carbocycles. The van der Waals surface area contributed by atoms with Crippen molar-refractivity contribution in [1.29, 1.82) is 0 Å². The molecule has 0 bridgehead atoms. The van der Waals surface area contributed by atoms with Crippen LogP contribution >= 0.6 is 12.4 Å². The molecule has 0 amide bonds. The second kappa shape index (κ2) is 8.56. The molecule has 1 heterocycles. The van der Waals surface area contributed by atoms with Gasteiger partial charge in [0.05, 0.1) is 11.8 Å². The van der Waals surface area contributed by atoms with Gasteiger partial charge < -0.3 is 10.4 Å². The number of nitrogens with zero attached hydrogens (tertiary/aromatic N) is 2. The van der Waals surface area contributed by atoms with Gasteiger partial charge in [0.15, 0.2) is 0 Å². The first kappa shape index (κ1) is 18.2. The Kier molecular flexibility index (Phi) is 7.08. The standard InChI is InChI=1S/C16H21N3O2.ClH/c1-12(2)10-19-11-13(8-18-19)7-17-9-14-5-3-4-6-15(14)16(20)21;/h3-6,8,11-12,17H,7,9-10H2,1-2H3,(H,20,21);1H. The molecular formula is C16H22ClN3O2. The maximum absolute atomic E-state index is 11.1. The fourth-order valence-corrected chi connectivity index (χ4v) is 2.20. The van der Waals surface area contributed by atoms with Crippen LogP contribution in [0, 0.1) is 5.92 Å². The average Bonchev–Trinajstić information content (AvgIpc) is 2.86. The number of benzene rings is 1. The van der Waals surface area contributed by atoms with Crippen molar-refractivity contribution in [3.63, 3.8) is 0 Å². The van der Waals surface area contributed by atoms with Gasteiger partial charge in [-0.15, -0.1) is 12.4 Å². The third-order valence-corrected chi connectivity index (χ3v) is 3.13. The van der Waals surface area contributed by atoms with E-state index in [1.807, 2.05) is 29.2 Å². The van der Waals surface area contributed by atoms with Crippen LogP contribution < -0.4 is 5.32 Å². The quantitative estimate of drug-likeness (QED) is 0.822. The fraction of sp³-hybridized carbons (Fsp3) is 0.375. The van der Waals surface area contributed by atoms with Crippen LogP contribution in [0.15, 0.2) is 36.7 Å². The lowest BCUT2D eigenvalue weighted by Crippen LogP contribution is -2.15. The number of aromatic nitrogens is 2. The van der Waals surface area contributed by atoms with Gasteiger partial charge in [0.1, 0.15) is 0 Å². The molecule has 0 fully saturated rings. The first-order valence-corrected chi connectivity index (χ1v) is 7.09. The minimum atomic E-state index is -0.892. The molecule has 0 spiro atoms. The summed E-state index contributed by atoms with van der Waals surface area (Å²) in [6.45, 7) is 6.41. The first-order valence-electron chi connectivity index (χ1n) is 7.09. The van der Waals surface area contributed by atoms with Crippen molar-refractivity contribution in [3.05, 3.63) is 53.3 Å². The maximum Gasteiger partial charge on any atom is 0.336 e. The second-order valence-electron chi connectivity index (χ2n) is 5.53. The summed E-state index contributed by atoms with van der Waals surface area (Å²) < 4.78 is 1.94. The zero-order valence-corrected chi connectivity index (χ0v) is 13.6. The minimum Gasteiger partial charge on any atom is -0.478 e. The Balaban J connectivity index is 0.00000242. The Bertz CT molecular complexity index is 611. The molecule has 1 aromatic heterocycles. The lowest BCUT2D eigenvalue weighted by atomic mass is 10.1. The molecule has 0 aliphatic carbocycles. The largest absolute Gasteiger partial charge is 0.478 e. The summed E-state index contributed by atoms with van der Waals surface area (Å²) in [5.74, 6) is -0.328. The molecule has 120 valence electrons. The SMILES string of the molecule is CC(C)Cn1cc(CNCc2ccccc2C(=O)O)cn1.Cl. The molecule has 0 unspecified atom stereocenters. The third kappa shape index (κ3) is 5.16. The number of halogens is 1. The fourth-order valence-electron chi connectivity index (χ4n) is 2.20. The van der Waals surface area contributed by atoms with Gasteiger partial charge in [-0.1, -0.05) is 32.0 Å². The van der Waals surface area contributed by atoms with Gasteiger partial charge in [-0.2, -0.15) is 5.10 Å². The molecule has 22 heavy (non-hydrogen) atoms. The number of rotatable bonds is 7. The van der Waals surface area contributed by atoms with Crippen LogP contribution in [0.4, 0.5) is 0 Å². The van der Waals surface area contributed by atoms with E-state index in [9.17, 15) is 4.79 Å². The Morgan fingerprint density at radius 1 is 1.32 bits per heavy atom. The van der Waals surface area contributed by atoms with E-state index < -0.39 is 5.97 Å². The van der Waals surface area contributed by atoms with Crippen LogP contribution in [0.5, 0.6) is 0 Å². The van der Waals surface area contributed by atoms with Gasteiger partial charge >= 0.3 is 5.97 Å². The van der Waals surface area contributed by atoms with Crippen molar-refractivity contribution in [2.75, 3.05) is 0 Å². The van der Waals surface area contributed by atoms with Gasteiger partial charge in [-0.25, -0.2) is 4.79 Å². The van der Waals surface area contributed by atoms with E-state index in [1.165, 1.54) is 0 Å². The van der Waals surface area contributed by atoms with Crippen molar-refractivity contribution in [2.24, 2.45) is 5.92 Å². The first-order chi connectivity index (χ1) is 10.1. The summed E-state index contributed by atoms with van der Waals surface area (Å²) in [6.07, 6.45) is 3.87. The third-order valence-electron chi connectivity index (χ3n) is 3.13. The van der Waals surface area contributed by atoms with Gasteiger partial charge in [-0.3, -0.25) is 4.68 Å². The Morgan fingerprint density at radius 3 is 2.73 bits per heavy atom. The number of hydrogen-bond acceptors (Lipinski definition) is 3. The van der Waals surface area contributed by atoms with Crippen molar-refractivity contribution in [2.45, 2.75) is 33.5 Å². The summed E-state index contributed by atoms with van der Waals surface area (Å²) in [5, 5.41) is 16.7. The molecule has 0 aliphatic heterocycles. The topological polar surface area (TPSA) is 67.2 Å². The van der Waals surface area contributed by atoms with E-state index in [2.05, 4.69) is 24.3 Å². The highest BCUT2D eigenvalue weighted by molar-refractivity contribution is 5.89. The number of hydrogen-bond donors (Lipinski definition) is 2. The monoisotopic (exact) mass is 323 g/mol. The highest BCUT2D eigenvalue weighted by Gasteiger charge is 2.08. The molecule has 0 saturated heterocycles. The molecule has 2 rings (SSSR count). The van der Waals surface area contributed by atoms with Crippen LogP contribution in [0.3, 0.4) is 0 Å². The molecular weight excluding hydrogens is 302 g/mol. The van der Waals surface area contributed by atoms with E-state index in [0.29, 0.717) is 24.6 Å². The van der Waals surface area contributed by atoms with Crippen molar-refractivity contribution < 1.29 is 9.90 Å². The number of carboxylic acids is 1. The van der Waals surface area contributed by atoms with E-state index >= 15 is 0 Å². The van der Waals surface area contributed by atoms with Crippen LogP contribution in [0.1, 0.15) is 35.3 Å². The van der Waals surface area contributed by atoms with Crippen LogP contribution in [-0.4, -0.2) is 20.9 Å². The van der Waals surface area contributed by atoms with Crippen molar-refractivity contribution in [3.8, 4) is 0 Å². The summed E-state index contributed by atoms with van der Waals surface area (Å²) in [4.78, 5) is 11.1. The predicted octanol–water partition coefficient (Wildman–Crippen LogP) is 2.95. The van der Waals surface area contributed by atoms with E-state index in [1.54, 1.807) is 12.1 Å². The number of nitrogens with one attached hydrogen (secondary N) is 1. The highest BCUT2D eigenvalue weighted by Crippen LogP contribution is 2.09. The number of carbonyl (C=O) groups is 1. The van der Waals surface area contributed by atoms with Crippen LogP contribution in [-0.2, 0) is 19.6 Å². The smallest absolute Gasteiger partial charge is 0.336 e. The Morgan fingerprint density at radius 2 is 2.05 bits per heavy atom. The number of carboxylic acid groups (broad SMARTS) is 1. The zero-order valence-electron chi connectivity index (χ0n) is 12.8. The van der Waals surface area contributed by atoms with Crippen molar-refractivity contribution in [1.82, 2.24) is 15.1 Å². The highest BCUT2D eigenvalue weighted by atomic mass is 35.5. The van der Waals surface area contributed by atoms with Gasteiger partial charge in [0.2, 0.25) is 0 Å². The molecule has 6 heteroatoms. The normalized spacial score (nSPS) is 10.5. The summed E-state index contributed by atoms with van der Waals surface area (Å²) in [7, 11) is 0. The van der Waals surface area contributed by atoms with E-state index in [4.69, 9.17) is 5.11 Å². The van der Waals surface area contributed by atoms with E-state index in [-0.39, 0.29) is 12.4 Å². The Hall–Kier alpha value is -1.85. The van der Waals surface area contributed by atoms with Crippen LogP contribution in [0.25, 0.3) is 0 Å². The predicted molar refractivity (Wildman–Crippen MR) is 88.3 cm³/mol. The molecule has 5 nitrogen and oxygen atoms in total. The van der Waals surface area contributed by atoms with E-state index in [0.717, 1.165) is 17.7 Å². The second-order valence-corrected chi connectivity index (χ2v) is 5.53. The summed E-state index contributed by atoms with van der Waals surface area (Å²) in [5.41, 5.74) is 2.24. The molecule has 2 N–H and O–H groups in total. The Labute approximate surface area is 136 Å². The van der Waals surface area contributed by atoms with Crippen LogP contribution in [0.2, 0.25) is 0 Å². The maximum atomic E-state index is 11.1. The number of aromatic carboxylic acids is 1. The molecule has 0 atom stereocenters. The molecule has 0 aliphatic rings. The van der Waals surface area contributed by atoms with Gasteiger partial charge in [-0.05, 0) is 17.5 Å². The molecule has 0 saturated carbocycles. The van der Waals surface area contributed by atoms with Gasteiger partial charge in [0, 0.05) is 31.4 Å². The summed E-state index contributed by atoms with van der Waals surface area (Å²) in [6, 6.07) is 7.05. The lowest BCUT2D eigenvalue weighted by molar-refractivity contribution is 0.0695. The zero-order chi connectivity index (χ0) is 15.2. The van der Waals surface area contributed by atoms with Crippen molar-refractivity contribution >= 4 is 18.4 Å². The average molecular weight is 324 g/mol. The summed E-state index contributed by atoms with van der Waals surface area (Å²) >= 11 is 0. The minimum absolute atomic E-state index is 0. The van der Waals surface area contributed by atoms with Gasteiger partial charge in [0.25, 0.3) is 0 Å². The molecule has 2 aromatic rings. The molecule has 0 radical (unpaired) electrons. The lowest BCUT2D eigenvalue weighted by Gasteiger charge is -2.07.